The van der Waals surface area contributed by atoms with Crippen molar-refractivity contribution < 1.29 is 28.6 Å². The Kier molecular flexibility index (Phi) is 5.30. The van der Waals surface area contributed by atoms with E-state index in [9.17, 15) is 19.1 Å². The first-order chi connectivity index (χ1) is 17.7. The molecule has 3 atom stereocenters. The number of carbonyl (C=O) groups excluding carboxylic acids is 2. The van der Waals surface area contributed by atoms with Crippen molar-refractivity contribution in [2.75, 3.05) is 50.0 Å². The van der Waals surface area contributed by atoms with E-state index in [0.717, 1.165) is 6.42 Å². The van der Waals surface area contributed by atoms with Crippen LogP contribution in [-0.4, -0.2) is 88.8 Å². The Bertz CT molecular complexity index is 1310. The summed E-state index contributed by atoms with van der Waals surface area (Å²) in [5.74, 6) is -1.11. The molecule has 10 nitrogen and oxygen atoms in total. The second-order valence-corrected chi connectivity index (χ2v) is 10.2. The van der Waals surface area contributed by atoms with Crippen molar-refractivity contribution in [1.82, 2.24) is 14.8 Å². The molecule has 1 aromatic heterocycles. The lowest BCUT2D eigenvalue weighted by molar-refractivity contribution is -0.128. The minimum absolute atomic E-state index is 0.00720. The number of halogens is 1. The van der Waals surface area contributed by atoms with Crippen LogP contribution in [-0.2, 0) is 9.53 Å². The van der Waals surface area contributed by atoms with Crippen LogP contribution in [0.4, 0.5) is 15.9 Å². The van der Waals surface area contributed by atoms with Crippen molar-refractivity contribution >= 4 is 23.3 Å². The van der Waals surface area contributed by atoms with Gasteiger partial charge in [0.05, 0.1) is 29.9 Å². The number of aromatic nitrogens is 1. The Hall–Kier alpha value is -3.86. The number of anilines is 2. The number of aromatic hydroxyl groups is 1. The summed E-state index contributed by atoms with van der Waals surface area (Å²) < 4.78 is 27.0. The molecule has 3 saturated heterocycles. The van der Waals surface area contributed by atoms with Crippen LogP contribution < -0.4 is 15.4 Å². The topological polar surface area (TPSA) is 121 Å². The van der Waals surface area contributed by atoms with Crippen molar-refractivity contribution in [1.29, 1.82) is 0 Å². The first-order valence-electron chi connectivity index (χ1n) is 12.3. The Labute approximate surface area is 213 Å². The molecule has 3 fully saturated rings. The molecule has 2 amide bonds. The first kappa shape index (κ1) is 23.5. The minimum Gasteiger partial charge on any atom is -0.507 e. The number of piperazine rings is 1. The van der Waals surface area contributed by atoms with Gasteiger partial charge in [-0.25, -0.2) is 9.37 Å². The maximum absolute atomic E-state index is 15.0. The monoisotopic (exact) mass is 509 g/mol. The van der Waals surface area contributed by atoms with Gasteiger partial charge in [0.25, 0.3) is 5.91 Å². The van der Waals surface area contributed by atoms with Crippen molar-refractivity contribution in [3.8, 4) is 22.8 Å². The standard InChI is InChI=1S/C26H28FN5O5/c1-3-18(34)30-7-8-31-14(10-30)12-36-23-20(25(31)35)24(32-11-15-9-26(32,2)13-37-15)29-22(21(23)28)19-16(27)5-4-6-17(19)33/h3-6,14-15,33H,1,7-13,28H2,2H3/t14-,15?,26+/m1/s1. The van der Waals surface area contributed by atoms with Crippen LogP contribution in [0.25, 0.3) is 11.3 Å². The number of pyridine rings is 1. The van der Waals surface area contributed by atoms with Gasteiger partial charge in [-0.3, -0.25) is 9.59 Å². The third kappa shape index (κ3) is 3.51. The molecular weight excluding hydrogens is 481 g/mol. The highest BCUT2D eigenvalue weighted by Crippen LogP contribution is 2.49. The molecule has 0 radical (unpaired) electrons. The van der Waals surface area contributed by atoms with Crippen LogP contribution in [0.2, 0.25) is 0 Å². The smallest absolute Gasteiger partial charge is 0.261 e. The van der Waals surface area contributed by atoms with Crippen LogP contribution in [0.1, 0.15) is 23.7 Å². The van der Waals surface area contributed by atoms with E-state index in [2.05, 4.69) is 6.58 Å². The number of ether oxygens (including phenoxy) is 2. The molecule has 1 unspecified atom stereocenters. The highest BCUT2D eigenvalue weighted by Gasteiger charge is 2.51. The molecule has 11 heteroatoms. The summed E-state index contributed by atoms with van der Waals surface area (Å²) in [5.41, 5.74) is 6.12. The average Bonchev–Trinajstić information content (AvgIpc) is 3.38. The summed E-state index contributed by atoms with van der Waals surface area (Å²) in [6, 6.07) is 3.55. The van der Waals surface area contributed by atoms with E-state index < -0.39 is 17.4 Å². The van der Waals surface area contributed by atoms with Gasteiger partial charge < -0.3 is 35.0 Å². The molecular formula is C26H28FN5O5. The number of nitrogens with two attached hydrogens (primary N) is 1. The van der Waals surface area contributed by atoms with E-state index in [4.69, 9.17) is 20.2 Å². The first-order valence-corrected chi connectivity index (χ1v) is 12.3. The van der Waals surface area contributed by atoms with Gasteiger partial charge in [-0.2, -0.15) is 0 Å². The number of amides is 2. The number of nitrogen functional groups attached to an aromatic ring is 1. The summed E-state index contributed by atoms with van der Waals surface area (Å²) in [7, 11) is 0. The van der Waals surface area contributed by atoms with Crippen molar-refractivity contribution in [3.63, 3.8) is 0 Å². The number of morpholine rings is 1. The number of fused-ring (bicyclic) bond motifs is 4. The number of nitrogens with zero attached hydrogens (tertiary/aromatic N) is 4. The van der Waals surface area contributed by atoms with E-state index in [1.54, 1.807) is 9.80 Å². The minimum atomic E-state index is -0.696. The summed E-state index contributed by atoms with van der Waals surface area (Å²) >= 11 is 0. The number of rotatable bonds is 3. The van der Waals surface area contributed by atoms with Crippen LogP contribution in [0, 0.1) is 5.82 Å². The van der Waals surface area contributed by atoms with E-state index >= 15 is 0 Å². The number of phenolic OH excluding ortho intramolecular Hbond substituents is 1. The Morgan fingerprint density at radius 1 is 1.32 bits per heavy atom. The van der Waals surface area contributed by atoms with Crippen molar-refractivity contribution in [2.45, 2.75) is 31.0 Å². The van der Waals surface area contributed by atoms with Crippen LogP contribution in [0.3, 0.4) is 0 Å². The maximum Gasteiger partial charge on any atom is 0.261 e. The normalized spacial score (nSPS) is 26.4. The van der Waals surface area contributed by atoms with Gasteiger partial charge in [-0.05, 0) is 25.1 Å². The third-order valence-electron chi connectivity index (χ3n) is 7.85. The molecule has 3 N–H and O–H groups in total. The molecule has 5 heterocycles. The third-order valence-corrected chi connectivity index (χ3v) is 7.85. The number of carbonyl (C=O) groups is 2. The number of phenols is 1. The predicted molar refractivity (Wildman–Crippen MR) is 133 cm³/mol. The van der Waals surface area contributed by atoms with Crippen LogP contribution in [0.15, 0.2) is 30.9 Å². The second kappa shape index (κ2) is 8.34. The molecule has 37 heavy (non-hydrogen) atoms. The Balaban J connectivity index is 1.52. The molecule has 1 aromatic carbocycles. The van der Waals surface area contributed by atoms with Crippen LogP contribution >= 0.6 is 0 Å². The molecule has 2 aromatic rings. The second-order valence-electron chi connectivity index (χ2n) is 10.2. The maximum atomic E-state index is 15.0. The summed E-state index contributed by atoms with van der Waals surface area (Å²) in [5, 5.41) is 10.5. The Morgan fingerprint density at radius 2 is 2.14 bits per heavy atom. The lowest BCUT2D eigenvalue weighted by Gasteiger charge is -2.40. The van der Waals surface area contributed by atoms with Crippen molar-refractivity contribution in [3.05, 3.63) is 42.2 Å². The fourth-order valence-electron chi connectivity index (χ4n) is 5.94. The quantitative estimate of drug-likeness (QED) is 0.601. The van der Waals surface area contributed by atoms with Crippen LogP contribution in [0.5, 0.6) is 11.5 Å². The molecule has 194 valence electrons. The molecule has 0 aliphatic carbocycles. The van der Waals surface area contributed by atoms with Gasteiger partial charge in [0.2, 0.25) is 5.91 Å². The van der Waals surface area contributed by atoms with E-state index in [1.165, 1.54) is 24.3 Å². The van der Waals surface area contributed by atoms with E-state index in [0.29, 0.717) is 32.1 Å². The predicted octanol–water partition coefficient (Wildman–Crippen LogP) is 1.77. The molecule has 4 aliphatic rings. The van der Waals surface area contributed by atoms with E-state index in [1.807, 2.05) is 11.8 Å². The van der Waals surface area contributed by atoms with Gasteiger partial charge in [0.1, 0.15) is 40.9 Å². The number of hydrogen-bond acceptors (Lipinski definition) is 8. The zero-order chi connectivity index (χ0) is 26.1. The molecule has 4 aliphatic heterocycles. The molecule has 0 spiro atoms. The van der Waals surface area contributed by atoms with Gasteiger partial charge >= 0.3 is 0 Å². The zero-order valence-electron chi connectivity index (χ0n) is 20.4. The lowest BCUT2D eigenvalue weighted by atomic mass is 9.99. The SMILES string of the molecule is C=CC(=O)N1CCN2C(=O)c3c(N4CC5C[C@@]4(C)CO5)nc(-c4c(O)cccc4F)c(N)c3OC[C@H]2C1. The number of hydrogen-bond donors (Lipinski definition) is 2. The van der Waals surface area contributed by atoms with Gasteiger partial charge in [-0.15, -0.1) is 0 Å². The molecule has 2 bridgehead atoms. The Morgan fingerprint density at radius 3 is 2.81 bits per heavy atom. The highest BCUT2D eigenvalue weighted by molar-refractivity contribution is 6.06. The largest absolute Gasteiger partial charge is 0.507 e. The molecule has 0 saturated carbocycles. The lowest BCUT2D eigenvalue weighted by Crippen LogP contribution is -2.57. The summed E-state index contributed by atoms with van der Waals surface area (Å²) in [4.78, 5) is 36.4. The fourth-order valence-corrected chi connectivity index (χ4v) is 5.94. The summed E-state index contributed by atoms with van der Waals surface area (Å²) in [6.07, 6.45) is 1.99. The van der Waals surface area contributed by atoms with Gasteiger partial charge in [0.15, 0.2) is 5.75 Å². The summed E-state index contributed by atoms with van der Waals surface area (Å²) in [6.45, 7) is 7.59. The molecule has 6 rings (SSSR count). The van der Waals surface area contributed by atoms with E-state index in [-0.39, 0.29) is 65.1 Å². The average molecular weight is 510 g/mol. The zero-order valence-corrected chi connectivity index (χ0v) is 20.4. The van der Waals surface area contributed by atoms with Gasteiger partial charge in [0, 0.05) is 32.6 Å². The van der Waals surface area contributed by atoms with Gasteiger partial charge in [-0.1, -0.05) is 12.6 Å². The number of benzene rings is 1. The van der Waals surface area contributed by atoms with Crippen molar-refractivity contribution in [2.24, 2.45) is 0 Å². The highest BCUT2D eigenvalue weighted by atomic mass is 19.1. The fraction of sp³-hybridized carbons (Fsp3) is 0.423.